The topological polar surface area (TPSA) is 21.3 Å². The Balaban J connectivity index is 2.01. The van der Waals surface area contributed by atoms with Crippen molar-refractivity contribution in [1.29, 1.82) is 0 Å². The smallest absolute Gasteiger partial charge is 0.0931 e. The lowest BCUT2D eigenvalue weighted by atomic mass is 10.4. The molecule has 0 spiro atoms. The average molecular weight is 232 g/mol. The van der Waals surface area contributed by atoms with E-state index in [1.54, 1.807) is 11.3 Å². The maximum Gasteiger partial charge on any atom is 0.0931 e. The second kappa shape index (κ2) is 6.87. The lowest BCUT2D eigenvalue weighted by Gasteiger charge is -2.02. The highest BCUT2D eigenvalue weighted by atomic mass is 35.5. The summed E-state index contributed by atoms with van der Waals surface area (Å²) >= 11 is 7.41. The molecular weight excluding hydrogens is 218 g/mol. The van der Waals surface area contributed by atoms with Crippen LogP contribution in [0.15, 0.2) is 25.0 Å². The van der Waals surface area contributed by atoms with Crippen molar-refractivity contribution in [2.24, 2.45) is 0 Å². The molecule has 0 saturated heterocycles. The van der Waals surface area contributed by atoms with Crippen molar-refractivity contribution in [3.05, 3.63) is 34.2 Å². The van der Waals surface area contributed by atoms with Crippen molar-refractivity contribution in [1.82, 2.24) is 5.32 Å². The second-order valence-electron chi connectivity index (χ2n) is 2.77. The Morgan fingerprint density at radius 2 is 2.43 bits per heavy atom. The van der Waals surface area contributed by atoms with Gasteiger partial charge >= 0.3 is 0 Å². The Labute approximate surface area is 93.5 Å². The molecule has 4 heteroatoms. The molecule has 1 heterocycles. The summed E-state index contributed by atoms with van der Waals surface area (Å²) in [6, 6.07) is 3.96. The number of hydrogen-bond acceptors (Lipinski definition) is 3. The quantitative estimate of drug-likeness (QED) is 0.575. The molecule has 1 N–H and O–H groups in total. The number of thiophene rings is 1. The third kappa shape index (κ3) is 4.65. The van der Waals surface area contributed by atoms with Gasteiger partial charge < -0.3 is 10.1 Å². The van der Waals surface area contributed by atoms with Crippen LogP contribution in [0.25, 0.3) is 0 Å². The molecule has 1 aromatic rings. The zero-order chi connectivity index (χ0) is 10.2. The first-order valence-electron chi connectivity index (χ1n) is 4.50. The highest BCUT2D eigenvalue weighted by Gasteiger charge is 1.96. The first-order chi connectivity index (χ1) is 6.83. The Morgan fingerprint density at radius 3 is 3.07 bits per heavy atom. The van der Waals surface area contributed by atoms with Crippen LogP contribution < -0.4 is 5.32 Å². The molecule has 0 aromatic carbocycles. The van der Waals surface area contributed by atoms with Gasteiger partial charge in [0.25, 0.3) is 0 Å². The summed E-state index contributed by atoms with van der Waals surface area (Å²) in [7, 11) is 0. The maximum absolute atomic E-state index is 5.80. The standard InChI is InChI=1S/C10H14ClNOS/c1-2-13-7-3-6-12-8-9-4-5-10(11)14-9/h2,4-5,12H,1,3,6-8H2. The molecule has 0 saturated carbocycles. The van der Waals surface area contributed by atoms with Crippen molar-refractivity contribution < 1.29 is 4.74 Å². The van der Waals surface area contributed by atoms with E-state index in [1.807, 2.05) is 12.1 Å². The lowest BCUT2D eigenvalue weighted by Crippen LogP contribution is -2.15. The molecule has 0 aliphatic heterocycles. The van der Waals surface area contributed by atoms with Gasteiger partial charge in [0.05, 0.1) is 17.2 Å². The summed E-state index contributed by atoms with van der Waals surface area (Å²) in [5.41, 5.74) is 0. The first-order valence-corrected chi connectivity index (χ1v) is 5.70. The minimum absolute atomic E-state index is 0.724. The van der Waals surface area contributed by atoms with Gasteiger partial charge in [0.1, 0.15) is 0 Å². The summed E-state index contributed by atoms with van der Waals surface area (Å²) in [5, 5.41) is 3.31. The lowest BCUT2D eigenvalue weighted by molar-refractivity contribution is 0.244. The molecule has 14 heavy (non-hydrogen) atoms. The van der Waals surface area contributed by atoms with E-state index in [-0.39, 0.29) is 0 Å². The van der Waals surface area contributed by atoms with E-state index in [1.165, 1.54) is 11.1 Å². The largest absolute Gasteiger partial charge is 0.502 e. The van der Waals surface area contributed by atoms with Crippen LogP contribution in [-0.2, 0) is 11.3 Å². The molecule has 2 nitrogen and oxygen atoms in total. The normalized spacial score (nSPS) is 10.1. The Morgan fingerprint density at radius 1 is 1.57 bits per heavy atom. The number of rotatable bonds is 7. The highest BCUT2D eigenvalue weighted by Crippen LogP contribution is 2.20. The van der Waals surface area contributed by atoms with Crippen LogP contribution in [0.2, 0.25) is 4.34 Å². The molecule has 78 valence electrons. The fourth-order valence-corrected chi connectivity index (χ4v) is 2.08. The molecule has 0 aliphatic carbocycles. The van der Waals surface area contributed by atoms with Crippen LogP contribution >= 0.6 is 22.9 Å². The van der Waals surface area contributed by atoms with Gasteiger partial charge in [-0.1, -0.05) is 18.2 Å². The van der Waals surface area contributed by atoms with E-state index in [0.29, 0.717) is 0 Å². The van der Waals surface area contributed by atoms with Crippen LogP contribution in [0.5, 0.6) is 0 Å². The van der Waals surface area contributed by atoms with Gasteiger partial charge in [0.2, 0.25) is 0 Å². The Bertz CT molecular complexity index is 275. The third-order valence-electron chi connectivity index (χ3n) is 1.66. The molecule has 0 aliphatic rings. The van der Waals surface area contributed by atoms with Crippen LogP contribution in [-0.4, -0.2) is 13.2 Å². The SMILES string of the molecule is C=COCCCNCc1ccc(Cl)s1. The summed E-state index contributed by atoms with van der Waals surface area (Å²) in [6.45, 7) is 6.03. The van der Waals surface area contributed by atoms with Crippen molar-refractivity contribution in [2.45, 2.75) is 13.0 Å². The number of nitrogens with one attached hydrogen (secondary N) is 1. The molecular formula is C10H14ClNOS. The zero-order valence-corrected chi connectivity index (χ0v) is 9.53. The molecule has 0 amide bonds. The van der Waals surface area contributed by atoms with Crippen LogP contribution in [0.4, 0.5) is 0 Å². The fraction of sp³-hybridized carbons (Fsp3) is 0.400. The van der Waals surface area contributed by atoms with E-state index in [4.69, 9.17) is 16.3 Å². The highest BCUT2D eigenvalue weighted by molar-refractivity contribution is 7.16. The molecule has 0 fully saturated rings. The minimum atomic E-state index is 0.724. The van der Waals surface area contributed by atoms with Gasteiger partial charge in [-0.05, 0) is 25.1 Å². The average Bonchev–Trinajstić information content (AvgIpc) is 2.58. The second-order valence-corrected chi connectivity index (χ2v) is 4.57. The van der Waals surface area contributed by atoms with Crippen molar-refractivity contribution >= 4 is 22.9 Å². The van der Waals surface area contributed by atoms with Crippen LogP contribution in [0.1, 0.15) is 11.3 Å². The van der Waals surface area contributed by atoms with Crippen LogP contribution in [0, 0.1) is 0 Å². The van der Waals surface area contributed by atoms with Gasteiger partial charge in [-0.2, -0.15) is 0 Å². The van der Waals surface area contributed by atoms with Crippen molar-refractivity contribution in [2.75, 3.05) is 13.2 Å². The number of hydrogen-bond donors (Lipinski definition) is 1. The van der Waals surface area contributed by atoms with E-state index in [9.17, 15) is 0 Å². The van der Waals surface area contributed by atoms with Crippen LogP contribution in [0.3, 0.4) is 0 Å². The molecule has 0 radical (unpaired) electrons. The van der Waals surface area contributed by atoms with Gasteiger partial charge in [0.15, 0.2) is 0 Å². The summed E-state index contributed by atoms with van der Waals surface area (Å²) in [6.07, 6.45) is 2.46. The predicted molar refractivity (Wildman–Crippen MR) is 61.8 cm³/mol. The van der Waals surface area contributed by atoms with E-state index < -0.39 is 0 Å². The summed E-state index contributed by atoms with van der Waals surface area (Å²) in [5.74, 6) is 0. The molecule has 0 bridgehead atoms. The number of halogens is 1. The summed E-state index contributed by atoms with van der Waals surface area (Å²) in [4.78, 5) is 1.26. The fourth-order valence-electron chi connectivity index (χ4n) is 1.02. The van der Waals surface area contributed by atoms with Gasteiger partial charge in [0, 0.05) is 11.4 Å². The molecule has 0 unspecified atom stereocenters. The monoisotopic (exact) mass is 231 g/mol. The molecule has 1 rings (SSSR count). The van der Waals surface area contributed by atoms with E-state index in [0.717, 1.165) is 30.5 Å². The Kier molecular flexibility index (Phi) is 5.68. The van der Waals surface area contributed by atoms with E-state index >= 15 is 0 Å². The summed E-state index contributed by atoms with van der Waals surface area (Å²) < 4.78 is 5.84. The van der Waals surface area contributed by atoms with E-state index in [2.05, 4.69) is 11.9 Å². The maximum atomic E-state index is 5.80. The predicted octanol–water partition coefficient (Wildman–Crippen LogP) is 3.04. The molecule has 0 atom stereocenters. The zero-order valence-electron chi connectivity index (χ0n) is 7.96. The van der Waals surface area contributed by atoms with Gasteiger partial charge in [-0.25, -0.2) is 0 Å². The minimum Gasteiger partial charge on any atom is -0.502 e. The van der Waals surface area contributed by atoms with Crippen molar-refractivity contribution in [3.63, 3.8) is 0 Å². The first kappa shape index (κ1) is 11.6. The van der Waals surface area contributed by atoms with Gasteiger partial charge in [-0.3, -0.25) is 0 Å². The number of ether oxygens (including phenoxy) is 1. The molecule has 1 aromatic heterocycles. The third-order valence-corrected chi connectivity index (χ3v) is 2.89. The Hall–Kier alpha value is -0.510. The van der Waals surface area contributed by atoms with Crippen molar-refractivity contribution in [3.8, 4) is 0 Å². The van der Waals surface area contributed by atoms with Gasteiger partial charge in [-0.15, -0.1) is 11.3 Å².